The quantitative estimate of drug-likeness (QED) is 0.726. The van der Waals surface area contributed by atoms with Gasteiger partial charge in [-0.2, -0.15) is 5.10 Å². The highest BCUT2D eigenvalue weighted by molar-refractivity contribution is 5.80. The van der Waals surface area contributed by atoms with Crippen LogP contribution >= 0.6 is 0 Å². The van der Waals surface area contributed by atoms with E-state index in [1.807, 2.05) is 30.8 Å². The molecule has 0 spiro atoms. The minimum atomic E-state index is -0.608. The Bertz CT molecular complexity index is 338. The lowest BCUT2D eigenvalue weighted by molar-refractivity contribution is -0.150. The maximum Gasteiger partial charge on any atom is 0.326 e. The van der Waals surface area contributed by atoms with Gasteiger partial charge in [-0.15, -0.1) is 0 Å². The fraction of sp³-hybridized carbons (Fsp3) is 0.667. The molecule has 1 aromatic rings. The monoisotopic (exact) mass is 239 g/mol. The van der Waals surface area contributed by atoms with Crippen LogP contribution in [0.4, 0.5) is 0 Å². The molecule has 1 N–H and O–H groups in total. The smallest absolute Gasteiger partial charge is 0.326 e. The van der Waals surface area contributed by atoms with Crippen molar-refractivity contribution in [2.45, 2.75) is 38.8 Å². The third-order valence-electron chi connectivity index (χ3n) is 2.90. The van der Waals surface area contributed by atoms with Gasteiger partial charge in [-0.3, -0.25) is 9.48 Å². The van der Waals surface area contributed by atoms with E-state index in [0.29, 0.717) is 6.61 Å². The van der Waals surface area contributed by atoms with Gasteiger partial charge in [0.1, 0.15) is 5.54 Å². The molecule has 1 rings (SSSR count). The molecule has 0 saturated carbocycles. The van der Waals surface area contributed by atoms with Crippen LogP contribution in [-0.4, -0.2) is 34.9 Å². The van der Waals surface area contributed by atoms with E-state index < -0.39 is 5.54 Å². The molecule has 1 unspecified atom stereocenters. The zero-order valence-electron chi connectivity index (χ0n) is 10.8. The standard InChI is InChI=1S/C12H21N3O2/c1-4-17-11(16)12(2,13-3)7-5-9-15-10-6-8-14-15/h6,8,10,13H,4-5,7,9H2,1-3H3. The van der Waals surface area contributed by atoms with Crippen LogP contribution in [0.5, 0.6) is 0 Å². The lowest BCUT2D eigenvalue weighted by Gasteiger charge is -2.26. The third kappa shape index (κ3) is 3.85. The molecule has 0 amide bonds. The van der Waals surface area contributed by atoms with Gasteiger partial charge in [0.15, 0.2) is 0 Å². The van der Waals surface area contributed by atoms with Crippen LogP contribution in [0.1, 0.15) is 26.7 Å². The van der Waals surface area contributed by atoms with Crippen molar-refractivity contribution in [3.63, 3.8) is 0 Å². The van der Waals surface area contributed by atoms with Gasteiger partial charge >= 0.3 is 5.97 Å². The van der Waals surface area contributed by atoms with Crippen molar-refractivity contribution < 1.29 is 9.53 Å². The van der Waals surface area contributed by atoms with Crippen LogP contribution in [-0.2, 0) is 16.1 Å². The van der Waals surface area contributed by atoms with Crippen LogP contribution in [0.3, 0.4) is 0 Å². The van der Waals surface area contributed by atoms with Crippen molar-refractivity contribution in [3.8, 4) is 0 Å². The topological polar surface area (TPSA) is 56.2 Å². The van der Waals surface area contributed by atoms with Gasteiger partial charge in [0.25, 0.3) is 0 Å². The Morgan fingerprint density at radius 1 is 1.59 bits per heavy atom. The zero-order chi connectivity index (χ0) is 12.7. The SMILES string of the molecule is CCOC(=O)C(C)(CCCn1cccn1)NC. The highest BCUT2D eigenvalue weighted by Gasteiger charge is 2.32. The lowest BCUT2D eigenvalue weighted by atomic mass is 9.96. The predicted molar refractivity (Wildman–Crippen MR) is 65.6 cm³/mol. The number of carbonyl (C=O) groups excluding carboxylic acids is 1. The molecule has 0 aromatic carbocycles. The summed E-state index contributed by atoms with van der Waals surface area (Å²) < 4.78 is 6.92. The van der Waals surface area contributed by atoms with Gasteiger partial charge in [-0.05, 0) is 39.8 Å². The average molecular weight is 239 g/mol. The van der Waals surface area contributed by atoms with Gasteiger partial charge < -0.3 is 10.1 Å². The Hall–Kier alpha value is -1.36. The van der Waals surface area contributed by atoms with E-state index in [0.717, 1.165) is 19.4 Å². The van der Waals surface area contributed by atoms with E-state index in [-0.39, 0.29) is 5.97 Å². The summed E-state index contributed by atoms with van der Waals surface area (Å²) in [5.41, 5.74) is -0.608. The number of nitrogens with zero attached hydrogens (tertiary/aromatic N) is 2. The Morgan fingerprint density at radius 2 is 2.35 bits per heavy atom. The molecule has 5 heteroatoms. The van der Waals surface area contributed by atoms with Crippen molar-refractivity contribution >= 4 is 5.97 Å². The number of hydrogen-bond donors (Lipinski definition) is 1. The van der Waals surface area contributed by atoms with Crippen molar-refractivity contribution in [2.75, 3.05) is 13.7 Å². The minimum Gasteiger partial charge on any atom is -0.465 e. The lowest BCUT2D eigenvalue weighted by Crippen LogP contribution is -2.48. The normalized spacial score (nSPS) is 14.3. The number of hydrogen-bond acceptors (Lipinski definition) is 4. The minimum absolute atomic E-state index is 0.192. The molecule has 0 aliphatic rings. The first-order valence-corrected chi connectivity index (χ1v) is 5.96. The molecule has 96 valence electrons. The van der Waals surface area contributed by atoms with Crippen molar-refractivity contribution in [3.05, 3.63) is 18.5 Å². The fourth-order valence-corrected chi connectivity index (χ4v) is 1.65. The average Bonchev–Trinajstić information content (AvgIpc) is 2.82. The Kier molecular flexibility index (Phi) is 5.15. The van der Waals surface area contributed by atoms with Crippen molar-refractivity contribution in [1.82, 2.24) is 15.1 Å². The number of rotatable bonds is 7. The molecule has 17 heavy (non-hydrogen) atoms. The van der Waals surface area contributed by atoms with Crippen molar-refractivity contribution in [1.29, 1.82) is 0 Å². The number of ether oxygens (including phenoxy) is 1. The van der Waals surface area contributed by atoms with E-state index in [1.54, 1.807) is 13.2 Å². The van der Waals surface area contributed by atoms with Crippen LogP contribution in [0.25, 0.3) is 0 Å². The second-order valence-corrected chi connectivity index (χ2v) is 4.18. The second-order valence-electron chi connectivity index (χ2n) is 4.18. The van der Waals surface area contributed by atoms with Crippen LogP contribution in [0.15, 0.2) is 18.5 Å². The number of aryl methyl sites for hydroxylation is 1. The van der Waals surface area contributed by atoms with Crippen LogP contribution in [0.2, 0.25) is 0 Å². The van der Waals surface area contributed by atoms with Gasteiger partial charge in [0, 0.05) is 18.9 Å². The first-order valence-electron chi connectivity index (χ1n) is 5.96. The summed E-state index contributed by atoms with van der Waals surface area (Å²) in [6.45, 7) is 4.91. The van der Waals surface area contributed by atoms with Crippen LogP contribution < -0.4 is 5.32 Å². The van der Waals surface area contributed by atoms with Gasteiger partial charge in [0.2, 0.25) is 0 Å². The third-order valence-corrected chi connectivity index (χ3v) is 2.90. The predicted octanol–water partition coefficient (Wildman–Crippen LogP) is 1.20. The summed E-state index contributed by atoms with van der Waals surface area (Å²) in [6.07, 6.45) is 5.27. The molecule has 1 atom stereocenters. The van der Waals surface area contributed by atoms with Gasteiger partial charge in [-0.1, -0.05) is 0 Å². The molecular weight excluding hydrogens is 218 g/mol. The van der Waals surface area contributed by atoms with E-state index >= 15 is 0 Å². The van der Waals surface area contributed by atoms with Gasteiger partial charge in [-0.25, -0.2) is 0 Å². The Morgan fingerprint density at radius 3 is 2.88 bits per heavy atom. The molecule has 0 fully saturated rings. The van der Waals surface area contributed by atoms with Crippen LogP contribution in [0, 0.1) is 0 Å². The number of esters is 1. The molecule has 0 aliphatic heterocycles. The maximum atomic E-state index is 11.8. The molecule has 0 radical (unpaired) electrons. The number of nitrogens with one attached hydrogen (secondary N) is 1. The summed E-state index contributed by atoms with van der Waals surface area (Å²) in [7, 11) is 1.78. The number of carbonyl (C=O) groups is 1. The molecule has 0 aliphatic carbocycles. The Balaban J connectivity index is 2.43. The molecule has 5 nitrogen and oxygen atoms in total. The number of likely N-dealkylation sites (N-methyl/N-ethyl adjacent to an activating group) is 1. The molecule has 0 saturated heterocycles. The summed E-state index contributed by atoms with van der Waals surface area (Å²) >= 11 is 0. The molecule has 0 bridgehead atoms. The summed E-state index contributed by atoms with van der Waals surface area (Å²) in [6, 6.07) is 1.89. The molecular formula is C12H21N3O2. The van der Waals surface area contributed by atoms with Crippen molar-refractivity contribution in [2.24, 2.45) is 0 Å². The largest absolute Gasteiger partial charge is 0.465 e. The zero-order valence-corrected chi connectivity index (χ0v) is 10.8. The molecule has 1 heterocycles. The molecule has 1 aromatic heterocycles. The first kappa shape index (κ1) is 13.7. The maximum absolute atomic E-state index is 11.8. The summed E-state index contributed by atoms with van der Waals surface area (Å²) in [5, 5.41) is 7.16. The highest BCUT2D eigenvalue weighted by Crippen LogP contribution is 2.14. The van der Waals surface area contributed by atoms with E-state index in [2.05, 4.69) is 10.4 Å². The van der Waals surface area contributed by atoms with E-state index in [1.165, 1.54) is 0 Å². The summed E-state index contributed by atoms with van der Waals surface area (Å²) in [5.74, 6) is -0.192. The number of aromatic nitrogens is 2. The van der Waals surface area contributed by atoms with E-state index in [9.17, 15) is 4.79 Å². The second kappa shape index (κ2) is 6.39. The van der Waals surface area contributed by atoms with Gasteiger partial charge in [0.05, 0.1) is 6.61 Å². The summed E-state index contributed by atoms with van der Waals surface area (Å²) in [4.78, 5) is 11.8. The first-order chi connectivity index (χ1) is 8.12. The Labute approximate surface area is 102 Å². The van der Waals surface area contributed by atoms with E-state index in [4.69, 9.17) is 4.74 Å². The fourth-order valence-electron chi connectivity index (χ4n) is 1.65. The highest BCUT2D eigenvalue weighted by atomic mass is 16.5.